The van der Waals surface area contributed by atoms with Crippen LogP contribution in [0.4, 0.5) is 5.13 Å². The Bertz CT molecular complexity index is 1100. The minimum absolute atomic E-state index is 0.185. The molecule has 4 rings (SSSR count). The number of fused-ring (bicyclic) bond motifs is 1. The second kappa shape index (κ2) is 7.21. The number of amides is 1. The fraction of sp³-hybridized carbons (Fsp3) is 0.0909. The number of rotatable bonds is 4. The van der Waals surface area contributed by atoms with Crippen LogP contribution in [0.5, 0.6) is 11.5 Å². The van der Waals surface area contributed by atoms with E-state index in [-0.39, 0.29) is 5.91 Å². The summed E-state index contributed by atoms with van der Waals surface area (Å²) in [7, 11) is 0. The third-order valence-electron chi connectivity index (χ3n) is 4.14. The molecule has 27 heavy (non-hydrogen) atoms. The molecule has 4 aromatic rings. The van der Waals surface area contributed by atoms with Gasteiger partial charge in [0.15, 0.2) is 5.13 Å². The summed E-state index contributed by atoms with van der Waals surface area (Å²) in [4.78, 5) is 17.1. The molecule has 3 aromatic carbocycles. The van der Waals surface area contributed by atoms with Crippen molar-refractivity contribution in [3.05, 3.63) is 83.4 Å². The molecule has 0 aliphatic carbocycles. The maximum Gasteiger partial charge on any atom is 0.257 e. The van der Waals surface area contributed by atoms with Gasteiger partial charge >= 0.3 is 0 Å². The first-order valence-corrected chi connectivity index (χ1v) is 9.42. The van der Waals surface area contributed by atoms with E-state index in [2.05, 4.69) is 23.3 Å². The van der Waals surface area contributed by atoms with E-state index in [1.807, 2.05) is 43.3 Å². The number of hydrogen-bond acceptors (Lipinski definition) is 4. The van der Waals surface area contributed by atoms with Crippen molar-refractivity contribution in [2.45, 2.75) is 13.8 Å². The van der Waals surface area contributed by atoms with E-state index < -0.39 is 0 Å². The van der Waals surface area contributed by atoms with Crippen LogP contribution < -0.4 is 10.1 Å². The molecule has 1 aromatic heterocycles. The van der Waals surface area contributed by atoms with Gasteiger partial charge in [-0.25, -0.2) is 4.98 Å². The van der Waals surface area contributed by atoms with Gasteiger partial charge in [0.25, 0.3) is 5.91 Å². The number of carbonyl (C=O) groups is 1. The highest BCUT2D eigenvalue weighted by Gasteiger charge is 2.12. The van der Waals surface area contributed by atoms with Gasteiger partial charge in [0.05, 0.1) is 10.2 Å². The standard InChI is InChI=1S/C22H18N2O2S/c1-14-12-15(2)20-19(13-14)23-22(27-20)24-21(25)16-8-10-18(11-9-16)26-17-6-4-3-5-7-17/h3-13H,1-2H3,(H,23,24,25). The summed E-state index contributed by atoms with van der Waals surface area (Å²) >= 11 is 1.49. The Morgan fingerprint density at radius 1 is 0.963 bits per heavy atom. The van der Waals surface area contributed by atoms with Gasteiger partial charge in [-0.3, -0.25) is 10.1 Å². The Kier molecular flexibility index (Phi) is 4.60. The molecule has 0 fully saturated rings. The highest BCUT2D eigenvalue weighted by atomic mass is 32.1. The van der Waals surface area contributed by atoms with Crippen LogP contribution in [-0.4, -0.2) is 10.9 Å². The van der Waals surface area contributed by atoms with Crippen LogP contribution in [0.25, 0.3) is 10.2 Å². The third kappa shape index (κ3) is 3.83. The van der Waals surface area contributed by atoms with Crippen LogP contribution >= 0.6 is 11.3 Å². The smallest absolute Gasteiger partial charge is 0.257 e. The Morgan fingerprint density at radius 3 is 2.41 bits per heavy atom. The van der Waals surface area contributed by atoms with Crippen molar-refractivity contribution in [1.82, 2.24) is 4.98 Å². The maximum atomic E-state index is 12.5. The summed E-state index contributed by atoms with van der Waals surface area (Å²) in [6, 6.07) is 20.8. The molecule has 0 atom stereocenters. The summed E-state index contributed by atoms with van der Waals surface area (Å²) in [5.74, 6) is 1.26. The molecule has 1 heterocycles. The normalized spacial score (nSPS) is 10.7. The predicted octanol–water partition coefficient (Wildman–Crippen LogP) is 5.96. The Labute approximate surface area is 161 Å². The van der Waals surface area contributed by atoms with Crippen molar-refractivity contribution < 1.29 is 9.53 Å². The zero-order chi connectivity index (χ0) is 18.8. The number of hydrogen-bond donors (Lipinski definition) is 1. The minimum Gasteiger partial charge on any atom is -0.457 e. The number of ether oxygens (including phenoxy) is 1. The summed E-state index contributed by atoms with van der Waals surface area (Å²) < 4.78 is 6.85. The molecule has 1 amide bonds. The largest absolute Gasteiger partial charge is 0.457 e. The average Bonchev–Trinajstić information content (AvgIpc) is 3.06. The van der Waals surface area contributed by atoms with Crippen LogP contribution in [0.2, 0.25) is 0 Å². The lowest BCUT2D eigenvalue weighted by molar-refractivity contribution is 0.102. The molecular weight excluding hydrogens is 356 g/mol. The fourth-order valence-electron chi connectivity index (χ4n) is 2.90. The van der Waals surface area contributed by atoms with Crippen LogP contribution in [0.15, 0.2) is 66.7 Å². The van der Waals surface area contributed by atoms with Crippen molar-refractivity contribution in [3.8, 4) is 11.5 Å². The molecule has 1 N–H and O–H groups in total. The summed E-state index contributed by atoms with van der Waals surface area (Å²) in [6.07, 6.45) is 0. The van der Waals surface area contributed by atoms with Crippen molar-refractivity contribution >= 4 is 32.6 Å². The molecule has 0 aliphatic rings. The molecule has 0 saturated heterocycles. The summed E-state index contributed by atoms with van der Waals surface area (Å²) in [5, 5.41) is 3.50. The number of nitrogens with zero attached hydrogens (tertiary/aromatic N) is 1. The molecule has 0 radical (unpaired) electrons. The van der Waals surface area contributed by atoms with Gasteiger partial charge in [-0.15, -0.1) is 0 Å². The topological polar surface area (TPSA) is 51.2 Å². The molecule has 0 unspecified atom stereocenters. The van der Waals surface area contributed by atoms with Crippen LogP contribution in [0.1, 0.15) is 21.5 Å². The van der Waals surface area contributed by atoms with Crippen molar-refractivity contribution in [2.24, 2.45) is 0 Å². The quantitative estimate of drug-likeness (QED) is 0.480. The molecule has 0 saturated carbocycles. The molecule has 134 valence electrons. The second-order valence-corrected chi connectivity index (χ2v) is 7.34. The van der Waals surface area contributed by atoms with Gasteiger partial charge in [-0.2, -0.15) is 0 Å². The lowest BCUT2D eigenvalue weighted by Crippen LogP contribution is -2.11. The highest BCUT2D eigenvalue weighted by Crippen LogP contribution is 2.30. The minimum atomic E-state index is -0.185. The molecular formula is C22H18N2O2S. The summed E-state index contributed by atoms with van der Waals surface area (Å²) in [5.41, 5.74) is 3.81. The second-order valence-electron chi connectivity index (χ2n) is 6.34. The lowest BCUT2D eigenvalue weighted by Gasteiger charge is -2.06. The number of thiazole rings is 1. The van der Waals surface area contributed by atoms with E-state index in [1.54, 1.807) is 24.3 Å². The van der Waals surface area contributed by atoms with Gasteiger partial charge in [0, 0.05) is 5.56 Å². The lowest BCUT2D eigenvalue weighted by atomic mass is 10.1. The molecule has 0 bridgehead atoms. The van der Waals surface area contributed by atoms with Gasteiger partial charge in [0.1, 0.15) is 11.5 Å². The van der Waals surface area contributed by atoms with Gasteiger partial charge in [0.2, 0.25) is 0 Å². The first kappa shape index (κ1) is 17.2. The van der Waals surface area contributed by atoms with Crippen molar-refractivity contribution in [3.63, 3.8) is 0 Å². The fourth-order valence-corrected chi connectivity index (χ4v) is 3.81. The van der Waals surface area contributed by atoms with E-state index in [9.17, 15) is 4.79 Å². The number of benzene rings is 3. The number of aryl methyl sites for hydroxylation is 2. The van der Waals surface area contributed by atoms with Crippen LogP contribution in [-0.2, 0) is 0 Å². The highest BCUT2D eigenvalue weighted by molar-refractivity contribution is 7.22. The Hall–Kier alpha value is -3.18. The predicted molar refractivity (Wildman–Crippen MR) is 110 cm³/mol. The molecule has 5 heteroatoms. The first-order valence-electron chi connectivity index (χ1n) is 8.60. The SMILES string of the molecule is Cc1cc(C)c2sc(NC(=O)c3ccc(Oc4ccccc4)cc3)nc2c1. The van der Waals surface area contributed by atoms with Gasteiger partial charge < -0.3 is 4.74 Å². The van der Waals surface area contributed by atoms with Crippen LogP contribution in [0.3, 0.4) is 0 Å². The number of nitrogens with one attached hydrogen (secondary N) is 1. The number of aromatic nitrogens is 1. The maximum absolute atomic E-state index is 12.5. The monoisotopic (exact) mass is 374 g/mol. The molecule has 0 spiro atoms. The van der Waals surface area contributed by atoms with Crippen LogP contribution in [0, 0.1) is 13.8 Å². The Balaban J connectivity index is 1.49. The average molecular weight is 374 g/mol. The zero-order valence-electron chi connectivity index (χ0n) is 15.0. The number of para-hydroxylation sites is 1. The zero-order valence-corrected chi connectivity index (χ0v) is 15.8. The van der Waals surface area contributed by atoms with E-state index >= 15 is 0 Å². The van der Waals surface area contributed by atoms with Crippen molar-refractivity contribution in [1.29, 1.82) is 0 Å². The molecule has 0 aliphatic heterocycles. The van der Waals surface area contributed by atoms with Gasteiger partial charge in [-0.1, -0.05) is 35.6 Å². The van der Waals surface area contributed by atoms with E-state index in [0.29, 0.717) is 16.4 Å². The van der Waals surface area contributed by atoms with Crippen molar-refractivity contribution in [2.75, 3.05) is 5.32 Å². The molecule has 4 nitrogen and oxygen atoms in total. The van der Waals surface area contributed by atoms with E-state index in [0.717, 1.165) is 21.5 Å². The van der Waals surface area contributed by atoms with Gasteiger partial charge in [-0.05, 0) is 67.4 Å². The number of anilines is 1. The third-order valence-corrected chi connectivity index (χ3v) is 5.26. The first-order chi connectivity index (χ1) is 13.1. The van der Waals surface area contributed by atoms with E-state index in [1.165, 1.54) is 16.9 Å². The Morgan fingerprint density at radius 2 is 1.67 bits per heavy atom. The number of carbonyl (C=O) groups excluding carboxylic acids is 1. The summed E-state index contributed by atoms with van der Waals surface area (Å²) in [6.45, 7) is 4.10. The van der Waals surface area contributed by atoms with E-state index in [4.69, 9.17) is 4.74 Å².